The molecule has 1 aliphatic heterocycles. The van der Waals surface area contributed by atoms with Crippen molar-refractivity contribution in [2.24, 2.45) is 5.92 Å². The second-order valence-electron chi connectivity index (χ2n) is 4.90. The Hall–Kier alpha value is -2.38. The van der Waals surface area contributed by atoms with Gasteiger partial charge in [0.05, 0.1) is 19.4 Å². The largest absolute Gasteiger partial charge is 0.467 e. The molecule has 114 valence electrons. The maximum Gasteiger partial charge on any atom is 0.328 e. The average Bonchev–Trinajstić information content (AvgIpc) is 2.99. The SMILES string of the molecule is COC(=O)[C@H](Cc1cnc[nH]1)NC(=O)C1CCC(=O)NC1. The number of hydrogen-bond acceptors (Lipinski definition) is 5. The molecule has 8 nitrogen and oxygen atoms in total. The summed E-state index contributed by atoms with van der Waals surface area (Å²) in [4.78, 5) is 41.8. The molecule has 8 heteroatoms. The van der Waals surface area contributed by atoms with Crippen molar-refractivity contribution in [3.63, 3.8) is 0 Å². The molecule has 1 saturated heterocycles. The van der Waals surface area contributed by atoms with Gasteiger partial charge in [0.2, 0.25) is 11.8 Å². The first kappa shape index (κ1) is 15.0. The van der Waals surface area contributed by atoms with E-state index < -0.39 is 12.0 Å². The molecule has 21 heavy (non-hydrogen) atoms. The number of nitrogens with zero attached hydrogens (tertiary/aromatic N) is 1. The zero-order valence-electron chi connectivity index (χ0n) is 11.7. The summed E-state index contributed by atoms with van der Waals surface area (Å²) in [5.74, 6) is -1.15. The van der Waals surface area contributed by atoms with E-state index in [1.165, 1.54) is 13.4 Å². The van der Waals surface area contributed by atoms with E-state index in [0.717, 1.165) is 5.69 Å². The van der Waals surface area contributed by atoms with Gasteiger partial charge in [-0.2, -0.15) is 0 Å². The summed E-state index contributed by atoms with van der Waals surface area (Å²) in [5.41, 5.74) is 0.725. The van der Waals surface area contributed by atoms with E-state index in [1.807, 2.05) is 0 Å². The molecule has 2 amide bonds. The molecule has 1 unspecified atom stereocenters. The fraction of sp³-hybridized carbons (Fsp3) is 0.538. The Morgan fingerprint density at radius 1 is 1.57 bits per heavy atom. The predicted octanol–water partition coefficient (Wildman–Crippen LogP) is -0.864. The van der Waals surface area contributed by atoms with Crippen LogP contribution in [0.4, 0.5) is 0 Å². The van der Waals surface area contributed by atoms with Gasteiger partial charge in [-0.05, 0) is 6.42 Å². The number of H-pyrrole nitrogens is 1. The third kappa shape index (κ3) is 4.04. The van der Waals surface area contributed by atoms with Crippen molar-refractivity contribution in [2.75, 3.05) is 13.7 Å². The number of rotatable bonds is 5. The third-order valence-electron chi connectivity index (χ3n) is 3.42. The summed E-state index contributed by atoms with van der Waals surface area (Å²) >= 11 is 0. The third-order valence-corrected chi connectivity index (χ3v) is 3.42. The zero-order valence-corrected chi connectivity index (χ0v) is 11.7. The number of aromatic amines is 1. The maximum absolute atomic E-state index is 12.2. The molecule has 1 fully saturated rings. The Balaban J connectivity index is 1.96. The minimum atomic E-state index is -0.777. The fourth-order valence-electron chi connectivity index (χ4n) is 2.20. The molecule has 0 spiro atoms. The van der Waals surface area contributed by atoms with Crippen LogP contribution >= 0.6 is 0 Å². The molecule has 0 radical (unpaired) electrons. The number of methoxy groups -OCH3 is 1. The number of piperidine rings is 1. The van der Waals surface area contributed by atoms with E-state index >= 15 is 0 Å². The molecule has 0 bridgehead atoms. The molecule has 2 rings (SSSR count). The lowest BCUT2D eigenvalue weighted by Crippen LogP contribution is -2.49. The minimum Gasteiger partial charge on any atom is -0.467 e. The van der Waals surface area contributed by atoms with Crippen LogP contribution in [0.1, 0.15) is 18.5 Å². The quantitative estimate of drug-likeness (QED) is 0.611. The first-order valence-electron chi connectivity index (χ1n) is 6.72. The number of esters is 1. The van der Waals surface area contributed by atoms with Gasteiger partial charge in [0.25, 0.3) is 0 Å². The molecule has 1 aromatic rings. The second-order valence-corrected chi connectivity index (χ2v) is 4.90. The van der Waals surface area contributed by atoms with E-state index in [-0.39, 0.29) is 24.2 Å². The lowest BCUT2D eigenvalue weighted by atomic mass is 9.97. The van der Waals surface area contributed by atoms with Crippen molar-refractivity contribution in [3.05, 3.63) is 18.2 Å². The van der Waals surface area contributed by atoms with Crippen molar-refractivity contribution in [1.29, 1.82) is 0 Å². The van der Waals surface area contributed by atoms with Gasteiger partial charge in [-0.25, -0.2) is 9.78 Å². The van der Waals surface area contributed by atoms with E-state index in [4.69, 9.17) is 4.74 Å². The number of hydrogen-bond donors (Lipinski definition) is 3. The highest BCUT2D eigenvalue weighted by atomic mass is 16.5. The van der Waals surface area contributed by atoms with Crippen LogP contribution in [0.25, 0.3) is 0 Å². The Kier molecular flexibility index (Phi) is 4.91. The van der Waals surface area contributed by atoms with E-state index in [9.17, 15) is 14.4 Å². The van der Waals surface area contributed by atoms with E-state index in [2.05, 4.69) is 20.6 Å². The molecule has 1 aromatic heterocycles. The summed E-state index contributed by atoms with van der Waals surface area (Å²) in [6.07, 6.45) is 4.17. The summed E-state index contributed by atoms with van der Waals surface area (Å²) in [5, 5.41) is 5.32. The highest BCUT2D eigenvalue weighted by Crippen LogP contribution is 2.12. The number of nitrogens with one attached hydrogen (secondary N) is 3. The summed E-state index contributed by atoms with van der Waals surface area (Å²) in [7, 11) is 1.27. The number of amides is 2. The molecule has 0 saturated carbocycles. The Labute approximate surface area is 121 Å². The van der Waals surface area contributed by atoms with Gasteiger partial charge in [-0.3, -0.25) is 9.59 Å². The standard InChI is InChI=1S/C13H18N4O4/c1-21-13(20)10(4-9-6-14-7-16-9)17-12(19)8-2-3-11(18)15-5-8/h6-8,10H,2-5H2,1H3,(H,14,16)(H,15,18)(H,17,19)/t8?,10-/m0/s1. The minimum absolute atomic E-state index is 0.0546. The van der Waals surface area contributed by atoms with Gasteiger partial charge < -0.3 is 20.4 Å². The average molecular weight is 294 g/mol. The van der Waals surface area contributed by atoms with Gasteiger partial charge in [-0.1, -0.05) is 0 Å². The van der Waals surface area contributed by atoms with Crippen molar-refractivity contribution < 1.29 is 19.1 Å². The number of ether oxygens (including phenoxy) is 1. The first-order valence-corrected chi connectivity index (χ1v) is 6.72. The van der Waals surface area contributed by atoms with Crippen molar-refractivity contribution in [3.8, 4) is 0 Å². The van der Waals surface area contributed by atoms with Crippen molar-refractivity contribution in [2.45, 2.75) is 25.3 Å². The van der Waals surface area contributed by atoms with Crippen LogP contribution in [-0.4, -0.2) is 47.4 Å². The lowest BCUT2D eigenvalue weighted by molar-refractivity contribution is -0.146. The number of imidazole rings is 1. The zero-order chi connectivity index (χ0) is 15.2. The topological polar surface area (TPSA) is 113 Å². The fourth-order valence-corrected chi connectivity index (χ4v) is 2.20. The predicted molar refractivity (Wildman–Crippen MR) is 72.0 cm³/mol. The van der Waals surface area contributed by atoms with Crippen LogP contribution in [0.2, 0.25) is 0 Å². The van der Waals surface area contributed by atoms with Gasteiger partial charge in [-0.15, -0.1) is 0 Å². The Morgan fingerprint density at radius 2 is 2.38 bits per heavy atom. The summed E-state index contributed by atoms with van der Waals surface area (Å²) in [6, 6.07) is -0.777. The molecule has 0 aliphatic carbocycles. The highest BCUT2D eigenvalue weighted by molar-refractivity contribution is 5.87. The second kappa shape index (κ2) is 6.87. The van der Waals surface area contributed by atoms with Gasteiger partial charge >= 0.3 is 5.97 Å². The number of aromatic nitrogens is 2. The van der Waals surface area contributed by atoms with Crippen LogP contribution in [0.15, 0.2) is 12.5 Å². The molecule has 0 aromatic carbocycles. The van der Waals surface area contributed by atoms with Crippen LogP contribution in [0, 0.1) is 5.92 Å². The molecular formula is C13H18N4O4. The van der Waals surface area contributed by atoms with Gasteiger partial charge in [0.15, 0.2) is 0 Å². The molecular weight excluding hydrogens is 276 g/mol. The lowest BCUT2D eigenvalue weighted by Gasteiger charge is -2.24. The maximum atomic E-state index is 12.2. The molecule has 2 heterocycles. The highest BCUT2D eigenvalue weighted by Gasteiger charge is 2.29. The monoisotopic (exact) mass is 294 g/mol. The van der Waals surface area contributed by atoms with Crippen LogP contribution in [-0.2, 0) is 25.5 Å². The Bertz CT molecular complexity index is 504. The first-order chi connectivity index (χ1) is 10.1. The van der Waals surface area contributed by atoms with E-state index in [0.29, 0.717) is 19.4 Å². The normalized spacial score (nSPS) is 19.5. The van der Waals surface area contributed by atoms with Gasteiger partial charge in [0, 0.05) is 31.3 Å². The van der Waals surface area contributed by atoms with E-state index in [1.54, 1.807) is 6.20 Å². The van der Waals surface area contributed by atoms with Gasteiger partial charge in [0.1, 0.15) is 6.04 Å². The summed E-state index contributed by atoms with van der Waals surface area (Å²) < 4.78 is 4.71. The number of carbonyl (C=O) groups is 3. The molecule has 1 aliphatic rings. The van der Waals surface area contributed by atoms with Crippen molar-refractivity contribution >= 4 is 17.8 Å². The van der Waals surface area contributed by atoms with Crippen LogP contribution in [0.5, 0.6) is 0 Å². The van der Waals surface area contributed by atoms with Crippen LogP contribution in [0.3, 0.4) is 0 Å². The number of carbonyl (C=O) groups excluding carboxylic acids is 3. The Morgan fingerprint density at radius 3 is 2.95 bits per heavy atom. The van der Waals surface area contributed by atoms with Crippen LogP contribution < -0.4 is 10.6 Å². The molecule has 3 N–H and O–H groups in total. The molecule has 2 atom stereocenters. The van der Waals surface area contributed by atoms with Crippen molar-refractivity contribution in [1.82, 2.24) is 20.6 Å². The summed E-state index contributed by atoms with van der Waals surface area (Å²) in [6.45, 7) is 0.294. The smallest absolute Gasteiger partial charge is 0.328 e.